The molecule has 2 unspecified atom stereocenters. The van der Waals surface area contributed by atoms with Crippen molar-refractivity contribution >= 4 is 40.6 Å². The van der Waals surface area contributed by atoms with Crippen LogP contribution in [-0.2, 0) is 9.63 Å². The number of carbonyl (C=O) groups is 2. The van der Waals surface area contributed by atoms with Crippen molar-refractivity contribution in [3.63, 3.8) is 0 Å². The van der Waals surface area contributed by atoms with E-state index in [-0.39, 0.29) is 17.2 Å². The summed E-state index contributed by atoms with van der Waals surface area (Å²) in [4.78, 5) is 41.6. The maximum Gasteiger partial charge on any atom is 0.365 e. The highest BCUT2D eigenvalue weighted by Gasteiger charge is 2.71. The van der Waals surface area contributed by atoms with Gasteiger partial charge in [0.2, 0.25) is 5.91 Å². The van der Waals surface area contributed by atoms with Gasteiger partial charge < -0.3 is 10.2 Å². The van der Waals surface area contributed by atoms with Gasteiger partial charge in [0.25, 0.3) is 5.69 Å². The van der Waals surface area contributed by atoms with E-state index in [0.717, 1.165) is 12.0 Å². The highest BCUT2D eigenvalue weighted by atomic mass is 35.5. The average Bonchev–Trinajstić information content (AvgIpc) is 3.11. The number of amides is 1. The summed E-state index contributed by atoms with van der Waals surface area (Å²) in [6.07, 6.45) is 1.79. The molecule has 0 spiro atoms. The fourth-order valence-corrected chi connectivity index (χ4v) is 5.55. The Balaban J connectivity index is 1.57. The van der Waals surface area contributed by atoms with Gasteiger partial charge in [-0.15, -0.1) is 0 Å². The zero-order valence-electron chi connectivity index (χ0n) is 19.5. The molecule has 2 aliphatic carbocycles. The molecule has 0 heterocycles. The molecule has 2 saturated carbocycles. The van der Waals surface area contributed by atoms with Gasteiger partial charge in [0.1, 0.15) is 0 Å². The van der Waals surface area contributed by atoms with E-state index < -0.39 is 27.1 Å². The third-order valence-corrected chi connectivity index (χ3v) is 8.65. The summed E-state index contributed by atoms with van der Waals surface area (Å²) >= 11 is 6.23. The van der Waals surface area contributed by atoms with Crippen LogP contribution in [-0.4, -0.2) is 22.5 Å². The number of hydrogen-bond acceptors (Lipinski definition) is 6. The van der Waals surface area contributed by atoms with Gasteiger partial charge in [-0.05, 0) is 55.0 Å². The van der Waals surface area contributed by atoms with E-state index in [4.69, 9.17) is 16.4 Å². The largest absolute Gasteiger partial charge is 0.365 e. The maximum absolute atomic E-state index is 13.6. The standard InChI is InChI=1S/C25H26ClN3O5/c1-15-18(26)6-5-7-19(15)27-22(31)25-13-12-24(4,23(25,2)3)20(14-25)28-34-21(30)16-8-10-17(11-9-16)29(32)33/h5-11H,12-14H2,1-4H3,(H,27,31)/b28-20-. The predicted octanol–water partition coefficient (Wildman–Crippen LogP) is 5.92. The number of nitro benzene ring substituents is 1. The summed E-state index contributed by atoms with van der Waals surface area (Å²) < 4.78 is 0. The van der Waals surface area contributed by atoms with Crippen molar-refractivity contribution < 1.29 is 19.3 Å². The van der Waals surface area contributed by atoms with Crippen LogP contribution < -0.4 is 5.32 Å². The quantitative estimate of drug-likeness (QED) is 0.322. The van der Waals surface area contributed by atoms with Gasteiger partial charge in [-0.25, -0.2) is 4.79 Å². The normalized spacial score (nSPS) is 25.9. The number of nitrogens with zero attached hydrogens (tertiary/aromatic N) is 2. The first-order valence-electron chi connectivity index (χ1n) is 11.0. The van der Waals surface area contributed by atoms with Crippen LogP contribution in [0.2, 0.25) is 5.02 Å². The second-order valence-corrected chi connectivity index (χ2v) is 10.2. The summed E-state index contributed by atoms with van der Waals surface area (Å²) in [6.45, 7) is 8.03. The van der Waals surface area contributed by atoms with E-state index >= 15 is 0 Å². The molecule has 2 aromatic carbocycles. The minimum absolute atomic E-state index is 0.0986. The van der Waals surface area contributed by atoms with Gasteiger partial charge in [0.05, 0.1) is 21.6 Å². The molecule has 2 bridgehead atoms. The highest BCUT2D eigenvalue weighted by Crippen LogP contribution is 2.71. The molecule has 178 valence electrons. The number of oxime groups is 1. The number of halogens is 1. The molecule has 0 saturated heterocycles. The van der Waals surface area contributed by atoms with Crippen LogP contribution in [0, 0.1) is 33.3 Å². The Morgan fingerprint density at radius 1 is 1.12 bits per heavy atom. The van der Waals surface area contributed by atoms with Gasteiger partial charge in [-0.1, -0.05) is 43.6 Å². The van der Waals surface area contributed by atoms with Gasteiger partial charge >= 0.3 is 5.97 Å². The lowest BCUT2D eigenvalue weighted by Crippen LogP contribution is -2.43. The van der Waals surface area contributed by atoms with Crippen LogP contribution in [0.25, 0.3) is 0 Å². The van der Waals surface area contributed by atoms with Gasteiger partial charge in [0.15, 0.2) is 0 Å². The molecule has 0 radical (unpaired) electrons. The van der Waals surface area contributed by atoms with Crippen LogP contribution in [0.1, 0.15) is 56.0 Å². The smallest absolute Gasteiger partial charge is 0.325 e. The van der Waals surface area contributed by atoms with Gasteiger partial charge in [0, 0.05) is 34.7 Å². The Kier molecular flexibility index (Phi) is 5.76. The minimum atomic E-state index is -0.713. The molecule has 4 rings (SSSR count). The van der Waals surface area contributed by atoms with E-state index in [2.05, 4.69) is 31.2 Å². The monoisotopic (exact) mass is 483 g/mol. The number of anilines is 1. The molecule has 0 aromatic heterocycles. The lowest BCUT2D eigenvalue weighted by Gasteiger charge is -2.39. The van der Waals surface area contributed by atoms with E-state index in [1.54, 1.807) is 12.1 Å². The topological polar surface area (TPSA) is 111 Å². The Morgan fingerprint density at radius 2 is 1.79 bits per heavy atom. The number of non-ortho nitro benzene ring substituents is 1. The maximum atomic E-state index is 13.6. The number of carbonyl (C=O) groups excluding carboxylic acids is 2. The Bertz CT molecular complexity index is 1220. The predicted molar refractivity (Wildman–Crippen MR) is 129 cm³/mol. The van der Waals surface area contributed by atoms with Crippen molar-refractivity contribution in [2.24, 2.45) is 21.4 Å². The minimum Gasteiger partial charge on any atom is -0.325 e. The zero-order valence-corrected chi connectivity index (χ0v) is 20.2. The fourth-order valence-electron chi connectivity index (χ4n) is 5.38. The third-order valence-electron chi connectivity index (χ3n) is 8.24. The summed E-state index contributed by atoms with van der Waals surface area (Å²) in [5, 5.41) is 18.7. The molecule has 2 aromatic rings. The molecule has 0 aliphatic heterocycles. The lowest BCUT2D eigenvalue weighted by molar-refractivity contribution is -0.384. The van der Waals surface area contributed by atoms with Crippen LogP contribution in [0.4, 0.5) is 11.4 Å². The average molecular weight is 484 g/mol. The molecule has 9 heteroatoms. The molecule has 2 fully saturated rings. The number of nitrogens with one attached hydrogen (secondary N) is 1. The second-order valence-electron chi connectivity index (χ2n) is 9.80. The summed E-state index contributed by atoms with van der Waals surface area (Å²) in [7, 11) is 0. The number of benzene rings is 2. The van der Waals surface area contributed by atoms with Gasteiger partial charge in [-0.2, -0.15) is 0 Å². The number of rotatable bonds is 5. The summed E-state index contributed by atoms with van der Waals surface area (Å²) in [5.41, 5.74) is 0.604. The molecule has 2 atom stereocenters. The fraction of sp³-hybridized carbons (Fsp3) is 0.400. The third kappa shape index (κ3) is 3.48. The number of hydrogen-bond donors (Lipinski definition) is 1. The first kappa shape index (κ1) is 23.9. The SMILES string of the molecule is Cc1c(Cl)cccc1NC(=O)C12CCC(C)(/C(=N\OC(=O)c3ccc([N+](=O)[O-])cc3)C1)C2(C)C. The van der Waals surface area contributed by atoms with E-state index in [9.17, 15) is 19.7 Å². The molecule has 34 heavy (non-hydrogen) atoms. The molecule has 1 amide bonds. The zero-order chi connectivity index (χ0) is 24.9. The van der Waals surface area contributed by atoms with Crippen molar-refractivity contribution in [3.8, 4) is 0 Å². The Morgan fingerprint density at radius 3 is 2.44 bits per heavy atom. The Labute approximate surface area is 202 Å². The first-order chi connectivity index (χ1) is 15.9. The van der Waals surface area contributed by atoms with Crippen molar-refractivity contribution in [2.45, 2.75) is 47.0 Å². The highest BCUT2D eigenvalue weighted by molar-refractivity contribution is 6.31. The van der Waals surface area contributed by atoms with Crippen molar-refractivity contribution in [3.05, 3.63) is 68.7 Å². The van der Waals surface area contributed by atoms with Crippen LogP contribution in [0.3, 0.4) is 0 Å². The van der Waals surface area contributed by atoms with E-state index in [1.807, 2.05) is 13.0 Å². The van der Waals surface area contributed by atoms with Crippen molar-refractivity contribution in [1.29, 1.82) is 0 Å². The van der Waals surface area contributed by atoms with Crippen molar-refractivity contribution in [2.75, 3.05) is 5.32 Å². The van der Waals surface area contributed by atoms with Crippen LogP contribution in [0.15, 0.2) is 47.6 Å². The molecule has 8 nitrogen and oxygen atoms in total. The summed E-state index contributed by atoms with van der Waals surface area (Å²) in [5.74, 6) is -0.807. The lowest BCUT2D eigenvalue weighted by atomic mass is 9.64. The van der Waals surface area contributed by atoms with Gasteiger partial charge in [-0.3, -0.25) is 14.9 Å². The molecular formula is C25H26ClN3O5. The summed E-state index contributed by atoms with van der Waals surface area (Å²) in [6, 6.07) is 10.5. The van der Waals surface area contributed by atoms with E-state index in [0.29, 0.717) is 29.3 Å². The number of fused-ring (bicyclic) bond motifs is 2. The second kappa shape index (κ2) is 8.20. The van der Waals surface area contributed by atoms with Crippen LogP contribution in [0.5, 0.6) is 0 Å². The Hall–Kier alpha value is -3.26. The molecular weight excluding hydrogens is 458 g/mol. The van der Waals surface area contributed by atoms with Crippen molar-refractivity contribution in [1.82, 2.24) is 0 Å². The molecule has 1 N–H and O–H groups in total. The number of nitro groups is 1. The molecule has 2 aliphatic rings. The first-order valence-corrected chi connectivity index (χ1v) is 11.4. The van der Waals surface area contributed by atoms with E-state index in [1.165, 1.54) is 24.3 Å². The van der Waals surface area contributed by atoms with Crippen LogP contribution >= 0.6 is 11.6 Å².